The molecule has 1 aliphatic heterocycles. The number of rotatable bonds is 5. The molecule has 1 fully saturated rings. The van der Waals surface area contributed by atoms with Gasteiger partial charge in [-0.3, -0.25) is 9.59 Å². The van der Waals surface area contributed by atoms with Crippen molar-refractivity contribution >= 4 is 11.9 Å². The second-order valence-electron chi connectivity index (χ2n) is 4.65. The van der Waals surface area contributed by atoms with Crippen LogP contribution in [0.15, 0.2) is 30.3 Å². The van der Waals surface area contributed by atoms with Crippen molar-refractivity contribution < 1.29 is 19.4 Å². The summed E-state index contributed by atoms with van der Waals surface area (Å²) in [5.74, 6) is -1.19. The lowest BCUT2D eigenvalue weighted by Gasteiger charge is -2.25. The van der Waals surface area contributed by atoms with Crippen molar-refractivity contribution in [3.05, 3.63) is 35.9 Å². The highest BCUT2D eigenvalue weighted by Crippen LogP contribution is 2.16. The molecule has 20 heavy (non-hydrogen) atoms. The minimum absolute atomic E-state index is 0.149. The summed E-state index contributed by atoms with van der Waals surface area (Å²) >= 11 is 0. The summed E-state index contributed by atoms with van der Waals surface area (Å²) in [5, 5.41) is 14.8. The van der Waals surface area contributed by atoms with Gasteiger partial charge in [0.1, 0.15) is 6.04 Å². The summed E-state index contributed by atoms with van der Waals surface area (Å²) in [6.07, 6.45) is -0.149. The average molecular weight is 278 g/mol. The maximum atomic E-state index is 12.1. The molecular weight excluding hydrogens is 260 g/mol. The molecule has 2 atom stereocenters. The Bertz CT molecular complexity index is 458. The zero-order valence-electron chi connectivity index (χ0n) is 11.0. The van der Waals surface area contributed by atoms with Gasteiger partial charge < -0.3 is 20.5 Å². The number of ether oxygens (including phenoxy) is 1. The molecule has 2 rings (SSSR count). The van der Waals surface area contributed by atoms with E-state index in [0.29, 0.717) is 19.8 Å². The van der Waals surface area contributed by atoms with Crippen LogP contribution in [-0.4, -0.2) is 42.8 Å². The molecule has 108 valence electrons. The molecule has 3 N–H and O–H groups in total. The maximum Gasteiger partial charge on any atom is 0.305 e. The Hall–Kier alpha value is -1.92. The largest absolute Gasteiger partial charge is 0.481 e. The topological polar surface area (TPSA) is 87.7 Å². The average Bonchev–Trinajstić information content (AvgIpc) is 2.48. The van der Waals surface area contributed by atoms with Crippen molar-refractivity contribution in [2.75, 3.05) is 19.8 Å². The molecule has 0 radical (unpaired) electrons. The Morgan fingerprint density at radius 3 is 2.75 bits per heavy atom. The van der Waals surface area contributed by atoms with E-state index in [4.69, 9.17) is 9.84 Å². The van der Waals surface area contributed by atoms with Crippen LogP contribution in [0.25, 0.3) is 0 Å². The summed E-state index contributed by atoms with van der Waals surface area (Å²) in [7, 11) is 0. The van der Waals surface area contributed by atoms with Gasteiger partial charge in [-0.25, -0.2) is 0 Å². The van der Waals surface area contributed by atoms with Gasteiger partial charge in [0.05, 0.1) is 25.7 Å². The lowest BCUT2D eigenvalue weighted by Crippen LogP contribution is -2.52. The number of carbonyl (C=O) groups excluding carboxylic acids is 1. The van der Waals surface area contributed by atoms with Gasteiger partial charge in [-0.2, -0.15) is 0 Å². The number of benzene rings is 1. The van der Waals surface area contributed by atoms with E-state index in [1.807, 2.05) is 18.2 Å². The van der Waals surface area contributed by atoms with Crippen LogP contribution < -0.4 is 10.6 Å². The van der Waals surface area contributed by atoms with E-state index in [1.165, 1.54) is 0 Å². The predicted octanol–water partition coefficient (Wildman–Crippen LogP) is 0.307. The molecule has 0 aliphatic carbocycles. The number of carboxylic acid groups (broad SMARTS) is 1. The van der Waals surface area contributed by atoms with Gasteiger partial charge in [-0.05, 0) is 5.56 Å². The first-order valence-electron chi connectivity index (χ1n) is 6.55. The molecule has 1 saturated heterocycles. The maximum absolute atomic E-state index is 12.1. The van der Waals surface area contributed by atoms with Gasteiger partial charge in [-0.1, -0.05) is 30.3 Å². The number of aliphatic carboxylic acids is 1. The van der Waals surface area contributed by atoms with Gasteiger partial charge >= 0.3 is 5.97 Å². The molecule has 0 aromatic heterocycles. The highest BCUT2D eigenvalue weighted by molar-refractivity contribution is 5.83. The molecule has 1 aromatic carbocycles. The van der Waals surface area contributed by atoms with Gasteiger partial charge in [0.25, 0.3) is 0 Å². The molecule has 0 bridgehead atoms. The summed E-state index contributed by atoms with van der Waals surface area (Å²) in [6, 6.07) is 8.13. The quantitative estimate of drug-likeness (QED) is 0.721. The lowest BCUT2D eigenvalue weighted by molar-refractivity contribution is -0.138. The van der Waals surface area contributed by atoms with Crippen LogP contribution >= 0.6 is 0 Å². The first kappa shape index (κ1) is 14.5. The van der Waals surface area contributed by atoms with E-state index in [-0.39, 0.29) is 12.3 Å². The highest BCUT2D eigenvalue weighted by Gasteiger charge is 2.25. The SMILES string of the molecule is O=C(O)CC(NC(=O)C1COCCN1)c1ccccc1. The van der Waals surface area contributed by atoms with Crippen LogP contribution in [0.2, 0.25) is 0 Å². The van der Waals surface area contributed by atoms with Crippen LogP contribution in [-0.2, 0) is 14.3 Å². The molecule has 0 spiro atoms. The first-order valence-corrected chi connectivity index (χ1v) is 6.55. The van der Waals surface area contributed by atoms with E-state index >= 15 is 0 Å². The number of morpholine rings is 1. The molecule has 2 unspecified atom stereocenters. The van der Waals surface area contributed by atoms with Crippen LogP contribution in [0, 0.1) is 0 Å². The molecule has 1 amide bonds. The van der Waals surface area contributed by atoms with Crippen molar-refractivity contribution in [2.45, 2.75) is 18.5 Å². The third-order valence-corrected chi connectivity index (χ3v) is 3.14. The molecule has 1 heterocycles. The lowest BCUT2D eigenvalue weighted by atomic mass is 10.0. The second kappa shape index (κ2) is 7.02. The summed E-state index contributed by atoms with van der Waals surface area (Å²) in [4.78, 5) is 23.1. The number of carbonyl (C=O) groups is 2. The van der Waals surface area contributed by atoms with E-state index in [1.54, 1.807) is 12.1 Å². The fourth-order valence-corrected chi connectivity index (χ4v) is 2.12. The van der Waals surface area contributed by atoms with Crippen molar-refractivity contribution in [1.82, 2.24) is 10.6 Å². The van der Waals surface area contributed by atoms with Crippen LogP contribution in [0.3, 0.4) is 0 Å². The van der Waals surface area contributed by atoms with Gasteiger partial charge in [-0.15, -0.1) is 0 Å². The number of carboxylic acids is 1. The summed E-state index contributed by atoms with van der Waals surface area (Å²) in [6.45, 7) is 1.51. The van der Waals surface area contributed by atoms with Gasteiger partial charge in [0.2, 0.25) is 5.91 Å². The van der Waals surface area contributed by atoms with Crippen LogP contribution in [0.1, 0.15) is 18.0 Å². The smallest absolute Gasteiger partial charge is 0.305 e. The molecular formula is C14H18N2O4. The van der Waals surface area contributed by atoms with Crippen molar-refractivity contribution in [3.63, 3.8) is 0 Å². The summed E-state index contributed by atoms with van der Waals surface area (Å²) in [5.41, 5.74) is 0.778. The zero-order chi connectivity index (χ0) is 14.4. The fourth-order valence-electron chi connectivity index (χ4n) is 2.12. The fraction of sp³-hybridized carbons (Fsp3) is 0.429. The van der Waals surface area contributed by atoms with Crippen LogP contribution in [0.4, 0.5) is 0 Å². The van der Waals surface area contributed by atoms with E-state index in [9.17, 15) is 9.59 Å². The van der Waals surface area contributed by atoms with E-state index in [0.717, 1.165) is 5.56 Å². The molecule has 6 nitrogen and oxygen atoms in total. The van der Waals surface area contributed by atoms with Crippen molar-refractivity contribution in [3.8, 4) is 0 Å². The predicted molar refractivity (Wildman–Crippen MR) is 72.2 cm³/mol. The molecule has 6 heteroatoms. The summed E-state index contributed by atoms with van der Waals surface area (Å²) < 4.78 is 5.23. The number of nitrogens with one attached hydrogen (secondary N) is 2. The Kier molecular flexibility index (Phi) is 5.09. The van der Waals surface area contributed by atoms with Crippen molar-refractivity contribution in [2.24, 2.45) is 0 Å². The van der Waals surface area contributed by atoms with E-state index < -0.39 is 18.1 Å². The number of amides is 1. The Balaban J connectivity index is 2.03. The Labute approximate surface area is 117 Å². The van der Waals surface area contributed by atoms with Crippen LogP contribution in [0.5, 0.6) is 0 Å². The third kappa shape index (κ3) is 4.04. The zero-order valence-corrected chi connectivity index (χ0v) is 11.0. The van der Waals surface area contributed by atoms with Gasteiger partial charge in [0.15, 0.2) is 0 Å². The second-order valence-corrected chi connectivity index (χ2v) is 4.65. The Morgan fingerprint density at radius 2 is 2.15 bits per heavy atom. The highest BCUT2D eigenvalue weighted by atomic mass is 16.5. The van der Waals surface area contributed by atoms with Gasteiger partial charge in [0, 0.05) is 6.54 Å². The Morgan fingerprint density at radius 1 is 1.40 bits per heavy atom. The minimum Gasteiger partial charge on any atom is -0.481 e. The standard InChI is InChI=1S/C14H18N2O4/c17-13(18)8-11(10-4-2-1-3-5-10)16-14(19)12-9-20-7-6-15-12/h1-5,11-12,15H,6-9H2,(H,16,19)(H,17,18). The molecule has 0 saturated carbocycles. The monoisotopic (exact) mass is 278 g/mol. The van der Waals surface area contributed by atoms with E-state index in [2.05, 4.69) is 10.6 Å². The molecule has 1 aromatic rings. The third-order valence-electron chi connectivity index (χ3n) is 3.14. The first-order chi connectivity index (χ1) is 9.66. The number of hydrogen-bond donors (Lipinski definition) is 3. The normalized spacial score (nSPS) is 20.1. The number of hydrogen-bond acceptors (Lipinski definition) is 4. The van der Waals surface area contributed by atoms with Crippen molar-refractivity contribution in [1.29, 1.82) is 0 Å². The molecule has 1 aliphatic rings. The minimum atomic E-state index is -0.952.